The Morgan fingerprint density at radius 1 is 0.650 bits per heavy atom. The molecule has 1 unspecified atom stereocenters. The van der Waals surface area contributed by atoms with E-state index in [1.54, 1.807) is 5.56 Å². The van der Waals surface area contributed by atoms with Crippen LogP contribution in [0.25, 0.3) is 0 Å². The molecule has 0 heteroatoms. The first kappa shape index (κ1) is 17.3. The number of rotatable bonds is 12. The molecule has 0 saturated carbocycles. The van der Waals surface area contributed by atoms with Crippen molar-refractivity contribution in [2.75, 3.05) is 0 Å². The van der Waals surface area contributed by atoms with Gasteiger partial charge in [-0.15, -0.1) is 0 Å². The molecule has 1 aromatic rings. The van der Waals surface area contributed by atoms with Crippen LogP contribution in [0.5, 0.6) is 0 Å². The van der Waals surface area contributed by atoms with Gasteiger partial charge in [0, 0.05) is 0 Å². The summed E-state index contributed by atoms with van der Waals surface area (Å²) in [5.41, 5.74) is 1.55. The lowest BCUT2D eigenvalue weighted by Crippen LogP contribution is -1.98. The molecule has 114 valence electrons. The summed E-state index contributed by atoms with van der Waals surface area (Å²) in [6.45, 7) is 4.60. The molecule has 1 atom stereocenters. The normalized spacial score (nSPS) is 12.5. The van der Waals surface area contributed by atoms with Crippen molar-refractivity contribution < 1.29 is 0 Å². The van der Waals surface area contributed by atoms with Crippen LogP contribution >= 0.6 is 0 Å². The Hall–Kier alpha value is -0.780. The van der Waals surface area contributed by atoms with Gasteiger partial charge in [0.25, 0.3) is 0 Å². The van der Waals surface area contributed by atoms with Crippen molar-refractivity contribution in [3.05, 3.63) is 35.9 Å². The fraction of sp³-hybridized carbons (Fsp3) is 0.700. The van der Waals surface area contributed by atoms with Gasteiger partial charge in [0.1, 0.15) is 0 Å². The van der Waals surface area contributed by atoms with E-state index in [2.05, 4.69) is 44.2 Å². The van der Waals surface area contributed by atoms with E-state index in [-0.39, 0.29) is 0 Å². The van der Waals surface area contributed by atoms with Crippen molar-refractivity contribution in [3.8, 4) is 0 Å². The highest BCUT2D eigenvalue weighted by Gasteiger charge is 2.09. The first-order valence-corrected chi connectivity index (χ1v) is 8.93. The number of unbranched alkanes of at least 4 members (excludes halogenated alkanes) is 7. The van der Waals surface area contributed by atoms with Crippen molar-refractivity contribution >= 4 is 0 Å². The molecular weight excluding hydrogens is 240 g/mol. The molecule has 0 saturated heterocycles. The molecule has 1 aromatic carbocycles. The summed E-state index contributed by atoms with van der Waals surface area (Å²) in [7, 11) is 0. The Morgan fingerprint density at radius 2 is 1.25 bits per heavy atom. The van der Waals surface area contributed by atoms with Gasteiger partial charge in [-0.3, -0.25) is 0 Å². The zero-order valence-corrected chi connectivity index (χ0v) is 13.7. The van der Waals surface area contributed by atoms with Gasteiger partial charge in [-0.25, -0.2) is 0 Å². The monoisotopic (exact) mass is 274 g/mol. The average molecular weight is 274 g/mol. The zero-order valence-electron chi connectivity index (χ0n) is 13.7. The molecule has 0 radical (unpaired) electrons. The van der Waals surface area contributed by atoms with Crippen molar-refractivity contribution in [1.82, 2.24) is 0 Å². The molecule has 0 nitrogen and oxygen atoms in total. The highest BCUT2D eigenvalue weighted by Crippen LogP contribution is 2.27. The summed E-state index contributed by atoms with van der Waals surface area (Å²) in [5, 5.41) is 0. The summed E-state index contributed by atoms with van der Waals surface area (Å²) in [4.78, 5) is 0. The molecule has 1 rings (SSSR count). The standard InChI is InChI=1S/C20H34/c1-3-5-6-7-8-9-10-12-16-19(15-4-2)20-17-13-11-14-18-20/h11,13-14,17-19H,3-10,12,15-16H2,1-2H3. The van der Waals surface area contributed by atoms with Gasteiger partial charge in [0.15, 0.2) is 0 Å². The topological polar surface area (TPSA) is 0 Å². The molecule has 0 aliphatic carbocycles. The Labute approximate surface area is 127 Å². The van der Waals surface area contributed by atoms with Crippen LogP contribution in [-0.2, 0) is 0 Å². The highest BCUT2D eigenvalue weighted by atomic mass is 14.1. The Morgan fingerprint density at radius 3 is 1.85 bits per heavy atom. The van der Waals surface area contributed by atoms with E-state index in [9.17, 15) is 0 Å². The molecule has 0 aromatic heterocycles. The minimum atomic E-state index is 0.793. The van der Waals surface area contributed by atoms with Crippen molar-refractivity contribution in [3.63, 3.8) is 0 Å². The van der Waals surface area contributed by atoms with Crippen LogP contribution in [0.4, 0.5) is 0 Å². The SMILES string of the molecule is CCCCCCCCCCC(CCC)c1ccccc1. The maximum absolute atomic E-state index is 2.31. The van der Waals surface area contributed by atoms with E-state index < -0.39 is 0 Å². The fourth-order valence-electron chi connectivity index (χ4n) is 3.08. The smallest absolute Gasteiger partial charge is 0.0162 e. The van der Waals surface area contributed by atoms with Gasteiger partial charge in [0.2, 0.25) is 0 Å². The van der Waals surface area contributed by atoms with E-state index in [0.29, 0.717) is 0 Å². The molecule has 0 aliphatic rings. The van der Waals surface area contributed by atoms with Crippen LogP contribution in [-0.4, -0.2) is 0 Å². The summed E-state index contributed by atoms with van der Waals surface area (Å²) in [6.07, 6.45) is 15.4. The van der Waals surface area contributed by atoms with E-state index in [1.807, 2.05) is 0 Å². The molecule has 0 aliphatic heterocycles. The number of benzene rings is 1. The molecule has 0 heterocycles. The van der Waals surface area contributed by atoms with Gasteiger partial charge < -0.3 is 0 Å². The van der Waals surface area contributed by atoms with E-state index >= 15 is 0 Å². The van der Waals surface area contributed by atoms with E-state index in [4.69, 9.17) is 0 Å². The molecular formula is C20H34. The molecule has 0 amide bonds. The predicted octanol–water partition coefficient (Wildman–Crippen LogP) is 7.10. The summed E-state index contributed by atoms with van der Waals surface area (Å²) in [6, 6.07) is 11.1. The van der Waals surface area contributed by atoms with Gasteiger partial charge in [-0.1, -0.05) is 102 Å². The zero-order chi connectivity index (χ0) is 14.5. The van der Waals surface area contributed by atoms with Gasteiger partial charge in [-0.2, -0.15) is 0 Å². The summed E-state index contributed by atoms with van der Waals surface area (Å²) < 4.78 is 0. The fourth-order valence-corrected chi connectivity index (χ4v) is 3.08. The maximum Gasteiger partial charge on any atom is -0.0162 e. The minimum absolute atomic E-state index is 0.793. The quantitative estimate of drug-likeness (QED) is 0.356. The Bertz CT molecular complexity index is 301. The van der Waals surface area contributed by atoms with Crippen molar-refractivity contribution in [2.24, 2.45) is 0 Å². The average Bonchev–Trinajstić information content (AvgIpc) is 2.50. The van der Waals surface area contributed by atoms with Gasteiger partial charge >= 0.3 is 0 Å². The highest BCUT2D eigenvalue weighted by molar-refractivity contribution is 5.19. The lowest BCUT2D eigenvalue weighted by atomic mass is 9.89. The lowest BCUT2D eigenvalue weighted by Gasteiger charge is -2.16. The first-order valence-electron chi connectivity index (χ1n) is 8.93. The van der Waals surface area contributed by atoms with Crippen LogP contribution in [0.15, 0.2) is 30.3 Å². The Balaban J connectivity index is 2.14. The second-order valence-corrected chi connectivity index (χ2v) is 6.16. The number of hydrogen-bond acceptors (Lipinski definition) is 0. The largest absolute Gasteiger partial charge is 0.0654 e. The molecule has 20 heavy (non-hydrogen) atoms. The van der Waals surface area contributed by atoms with Crippen molar-refractivity contribution in [2.45, 2.75) is 90.4 Å². The third-order valence-corrected chi connectivity index (χ3v) is 4.31. The molecule has 0 N–H and O–H groups in total. The molecule has 0 spiro atoms. The first-order chi connectivity index (χ1) is 9.88. The maximum atomic E-state index is 2.31. The van der Waals surface area contributed by atoms with Crippen LogP contribution in [0.2, 0.25) is 0 Å². The van der Waals surface area contributed by atoms with E-state index in [0.717, 1.165) is 5.92 Å². The van der Waals surface area contributed by atoms with Crippen molar-refractivity contribution in [1.29, 1.82) is 0 Å². The minimum Gasteiger partial charge on any atom is -0.0654 e. The third kappa shape index (κ3) is 7.72. The molecule has 0 fully saturated rings. The van der Waals surface area contributed by atoms with Crippen LogP contribution in [0, 0.1) is 0 Å². The third-order valence-electron chi connectivity index (χ3n) is 4.31. The van der Waals surface area contributed by atoms with Gasteiger partial charge in [0.05, 0.1) is 0 Å². The second-order valence-electron chi connectivity index (χ2n) is 6.16. The summed E-state index contributed by atoms with van der Waals surface area (Å²) in [5.74, 6) is 0.793. The van der Waals surface area contributed by atoms with Crippen LogP contribution in [0.1, 0.15) is 96.0 Å². The van der Waals surface area contributed by atoms with Crippen LogP contribution < -0.4 is 0 Å². The number of hydrogen-bond donors (Lipinski definition) is 0. The lowest BCUT2D eigenvalue weighted by molar-refractivity contribution is 0.507. The second kappa shape index (κ2) is 12.0. The predicted molar refractivity (Wildman–Crippen MR) is 91.3 cm³/mol. The van der Waals surface area contributed by atoms with Crippen LogP contribution in [0.3, 0.4) is 0 Å². The Kier molecular flexibility index (Phi) is 10.4. The summed E-state index contributed by atoms with van der Waals surface area (Å²) >= 11 is 0. The van der Waals surface area contributed by atoms with Gasteiger partial charge in [-0.05, 0) is 24.3 Å². The molecule has 0 bridgehead atoms. The van der Waals surface area contributed by atoms with E-state index in [1.165, 1.54) is 70.6 Å².